The number of methoxy groups -OCH3 is 1. The van der Waals surface area contributed by atoms with Crippen LogP contribution in [0.1, 0.15) is 17.5 Å². The molecule has 1 aliphatic rings. The first-order valence-corrected chi connectivity index (χ1v) is 5.90. The molecule has 0 bridgehead atoms. The number of carbonyl (C=O) groups is 1. The van der Waals surface area contributed by atoms with E-state index < -0.39 is 6.09 Å². The Morgan fingerprint density at radius 1 is 1.44 bits per heavy atom. The van der Waals surface area contributed by atoms with E-state index in [1.807, 2.05) is 12.1 Å². The zero-order valence-corrected chi connectivity index (χ0v) is 10.6. The molecule has 16 heavy (non-hydrogen) atoms. The maximum atomic E-state index is 11.0. The lowest BCUT2D eigenvalue weighted by Crippen LogP contribution is -2.15. The van der Waals surface area contributed by atoms with Crippen LogP contribution in [0, 0.1) is 0 Å². The number of nitrogens with zero attached hydrogens (tertiary/aromatic N) is 1. The summed E-state index contributed by atoms with van der Waals surface area (Å²) in [4.78, 5) is 15.0. The molecule has 3 nitrogen and oxygen atoms in total. The molecule has 0 unspecified atom stereocenters. The minimum absolute atomic E-state index is 0.506. The molecule has 0 aliphatic heterocycles. The summed E-state index contributed by atoms with van der Waals surface area (Å²) in [6.45, 7) is 0. The van der Waals surface area contributed by atoms with E-state index in [-0.39, 0.29) is 0 Å². The molecule has 0 spiro atoms. The van der Waals surface area contributed by atoms with Gasteiger partial charge in [0.25, 0.3) is 0 Å². The topological polar surface area (TPSA) is 38.7 Å². The third-order valence-corrected chi connectivity index (χ3v) is 3.44. The summed E-state index contributed by atoms with van der Waals surface area (Å²) in [5.41, 5.74) is 3.46. The van der Waals surface area contributed by atoms with Crippen molar-refractivity contribution < 1.29 is 9.53 Å². The monoisotopic (exact) mass is 281 g/mol. The van der Waals surface area contributed by atoms with Gasteiger partial charge in [0.1, 0.15) is 0 Å². The molecular weight excluding hydrogens is 270 g/mol. The largest absolute Gasteiger partial charge is 0.451 e. The molecule has 0 radical (unpaired) electrons. The highest BCUT2D eigenvalue weighted by molar-refractivity contribution is 9.10. The number of aliphatic imine (C=N–C) groups is 1. The lowest BCUT2D eigenvalue weighted by molar-refractivity contribution is 0.182. The van der Waals surface area contributed by atoms with Gasteiger partial charge in [0, 0.05) is 16.6 Å². The standard InChI is InChI=1S/C12H12BrNO2/c1-16-12(15)14-9-5-6-10-8(7-9)3-2-4-11(10)13/h2-4H,5-7H2,1H3/b14-9-. The molecule has 0 N–H and O–H groups in total. The highest BCUT2D eigenvalue weighted by Crippen LogP contribution is 2.27. The van der Waals surface area contributed by atoms with Crippen molar-refractivity contribution in [3.05, 3.63) is 33.8 Å². The number of hydrogen-bond acceptors (Lipinski definition) is 2. The van der Waals surface area contributed by atoms with Gasteiger partial charge in [0.15, 0.2) is 0 Å². The normalized spacial score (nSPS) is 17.0. The lowest BCUT2D eigenvalue weighted by Gasteiger charge is -2.18. The van der Waals surface area contributed by atoms with Gasteiger partial charge >= 0.3 is 6.09 Å². The number of halogens is 1. The lowest BCUT2D eigenvalue weighted by atomic mass is 9.90. The first kappa shape index (κ1) is 11.3. The number of carbonyl (C=O) groups excluding carboxylic acids is 1. The van der Waals surface area contributed by atoms with Crippen LogP contribution in [0.4, 0.5) is 4.79 Å². The van der Waals surface area contributed by atoms with E-state index >= 15 is 0 Å². The SMILES string of the molecule is COC(=O)/N=C1/CCc2c(Br)cccc2C1. The molecule has 0 fully saturated rings. The summed E-state index contributed by atoms with van der Waals surface area (Å²) in [5, 5.41) is 0. The maximum Gasteiger partial charge on any atom is 0.433 e. The number of fused-ring (bicyclic) bond motifs is 1. The van der Waals surface area contributed by atoms with Crippen LogP contribution >= 0.6 is 15.9 Å². The van der Waals surface area contributed by atoms with E-state index in [1.54, 1.807) is 0 Å². The molecule has 1 aliphatic carbocycles. The first-order valence-electron chi connectivity index (χ1n) is 5.11. The molecule has 0 aromatic heterocycles. The fourth-order valence-corrected chi connectivity index (χ4v) is 2.50. The fourth-order valence-electron chi connectivity index (χ4n) is 1.90. The van der Waals surface area contributed by atoms with Crippen molar-refractivity contribution in [2.45, 2.75) is 19.3 Å². The Balaban J connectivity index is 2.25. The van der Waals surface area contributed by atoms with Crippen LogP contribution in [0.2, 0.25) is 0 Å². The van der Waals surface area contributed by atoms with Crippen LogP contribution in [-0.4, -0.2) is 18.9 Å². The van der Waals surface area contributed by atoms with Gasteiger partial charge in [-0.1, -0.05) is 28.1 Å². The summed E-state index contributed by atoms with van der Waals surface area (Å²) >= 11 is 3.53. The molecule has 4 heteroatoms. The molecule has 0 saturated carbocycles. The van der Waals surface area contributed by atoms with Crippen LogP contribution in [0.15, 0.2) is 27.7 Å². The molecule has 84 valence electrons. The molecular formula is C12H12BrNO2. The summed E-state index contributed by atoms with van der Waals surface area (Å²) in [6, 6.07) is 6.12. The van der Waals surface area contributed by atoms with Gasteiger partial charge in [-0.3, -0.25) is 0 Å². The second-order valence-corrected chi connectivity index (χ2v) is 4.56. The third-order valence-electron chi connectivity index (χ3n) is 2.70. The minimum atomic E-state index is -0.506. The summed E-state index contributed by atoms with van der Waals surface area (Å²) < 4.78 is 5.67. The number of ether oxygens (including phenoxy) is 1. The fraction of sp³-hybridized carbons (Fsp3) is 0.333. The van der Waals surface area contributed by atoms with Crippen LogP contribution in [0.25, 0.3) is 0 Å². The predicted octanol–water partition coefficient (Wildman–Crippen LogP) is 3.15. The Hall–Kier alpha value is -1.16. The minimum Gasteiger partial charge on any atom is -0.451 e. The average molecular weight is 282 g/mol. The smallest absolute Gasteiger partial charge is 0.433 e. The molecule has 0 heterocycles. The van der Waals surface area contributed by atoms with Crippen molar-refractivity contribution in [2.75, 3.05) is 7.11 Å². The van der Waals surface area contributed by atoms with Crippen LogP contribution < -0.4 is 0 Å². The van der Waals surface area contributed by atoms with Crippen molar-refractivity contribution in [3.8, 4) is 0 Å². The Bertz CT molecular complexity index is 454. The first-order chi connectivity index (χ1) is 7.70. The van der Waals surface area contributed by atoms with Gasteiger partial charge in [-0.05, 0) is 30.0 Å². The van der Waals surface area contributed by atoms with Gasteiger partial charge in [-0.15, -0.1) is 0 Å². The Morgan fingerprint density at radius 2 is 2.25 bits per heavy atom. The number of benzene rings is 1. The molecule has 2 rings (SSSR count). The van der Waals surface area contributed by atoms with Gasteiger partial charge in [0.05, 0.1) is 7.11 Å². The summed E-state index contributed by atoms with van der Waals surface area (Å²) in [5.74, 6) is 0. The summed E-state index contributed by atoms with van der Waals surface area (Å²) in [6.07, 6.45) is 1.98. The zero-order chi connectivity index (χ0) is 11.5. The second-order valence-electron chi connectivity index (χ2n) is 3.70. The van der Waals surface area contributed by atoms with Crippen molar-refractivity contribution in [2.24, 2.45) is 4.99 Å². The van der Waals surface area contributed by atoms with E-state index in [9.17, 15) is 4.79 Å². The Kier molecular flexibility index (Phi) is 3.39. The average Bonchev–Trinajstić information content (AvgIpc) is 2.29. The van der Waals surface area contributed by atoms with E-state index in [1.165, 1.54) is 18.2 Å². The summed E-state index contributed by atoms with van der Waals surface area (Å²) in [7, 11) is 1.35. The van der Waals surface area contributed by atoms with Crippen molar-refractivity contribution in [1.82, 2.24) is 0 Å². The highest BCUT2D eigenvalue weighted by Gasteiger charge is 2.16. The second kappa shape index (κ2) is 4.78. The maximum absolute atomic E-state index is 11.0. The molecule has 0 saturated heterocycles. The van der Waals surface area contributed by atoms with E-state index in [0.29, 0.717) is 0 Å². The molecule has 1 aromatic rings. The van der Waals surface area contributed by atoms with E-state index in [0.717, 1.165) is 29.4 Å². The number of amides is 1. The third kappa shape index (κ3) is 2.32. The predicted molar refractivity (Wildman–Crippen MR) is 66.0 cm³/mol. The number of hydrogen-bond donors (Lipinski definition) is 0. The van der Waals surface area contributed by atoms with Crippen LogP contribution in [0.3, 0.4) is 0 Å². The van der Waals surface area contributed by atoms with Gasteiger partial charge in [0.2, 0.25) is 0 Å². The highest BCUT2D eigenvalue weighted by atomic mass is 79.9. The molecule has 1 aromatic carbocycles. The van der Waals surface area contributed by atoms with Crippen molar-refractivity contribution in [1.29, 1.82) is 0 Å². The van der Waals surface area contributed by atoms with Crippen molar-refractivity contribution in [3.63, 3.8) is 0 Å². The number of rotatable bonds is 0. The van der Waals surface area contributed by atoms with Crippen LogP contribution in [-0.2, 0) is 17.6 Å². The molecule has 1 amide bonds. The Morgan fingerprint density at radius 3 is 3.00 bits per heavy atom. The Labute approximate surface area is 103 Å². The van der Waals surface area contributed by atoms with E-state index in [4.69, 9.17) is 0 Å². The van der Waals surface area contributed by atoms with Crippen LogP contribution in [0.5, 0.6) is 0 Å². The van der Waals surface area contributed by atoms with Gasteiger partial charge in [-0.2, -0.15) is 4.99 Å². The zero-order valence-electron chi connectivity index (χ0n) is 9.00. The van der Waals surface area contributed by atoms with Gasteiger partial charge < -0.3 is 4.74 Å². The van der Waals surface area contributed by atoms with E-state index in [2.05, 4.69) is 31.7 Å². The van der Waals surface area contributed by atoms with Crippen molar-refractivity contribution >= 4 is 27.7 Å². The quantitative estimate of drug-likeness (QED) is 0.733. The molecule has 0 atom stereocenters. The van der Waals surface area contributed by atoms with Gasteiger partial charge in [-0.25, -0.2) is 4.79 Å².